The Balaban J connectivity index is 2.85. The molecule has 0 aromatic heterocycles. The third kappa shape index (κ3) is 2.19. The third-order valence-electron chi connectivity index (χ3n) is 1.69. The maximum atomic E-state index is 5.99. The summed E-state index contributed by atoms with van der Waals surface area (Å²) < 4.78 is 0. The Kier molecular flexibility index (Phi) is 3.53. The Labute approximate surface area is 87.2 Å². The molecule has 0 saturated carbocycles. The summed E-state index contributed by atoms with van der Waals surface area (Å²) in [6, 6.07) is 0. The van der Waals surface area contributed by atoms with Gasteiger partial charge in [0.25, 0.3) is 0 Å². The lowest BCUT2D eigenvalue weighted by Crippen LogP contribution is -2.47. The largest absolute Gasteiger partial charge is 0.348 e. The van der Waals surface area contributed by atoms with Crippen molar-refractivity contribution in [3.8, 4) is 0 Å². The standard InChI is InChI=1S/C7H11Cl3N2/c1-3(2)4-5(8)11-7(10)12-6(4)9/h3,5,7,11-12H,1-2H3/t5-,7?/m1/s1. The van der Waals surface area contributed by atoms with Crippen LogP contribution in [0.1, 0.15) is 13.8 Å². The predicted octanol–water partition coefficient (Wildman–Crippen LogP) is 2.37. The highest BCUT2D eigenvalue weighted by molar-refractivity contribution is 6.32. The Morgan fingerprint density at radius 2 is 1.92 bits per heavy atom. The van der Waals surface area contributed by atoms with Crippen LogP contribution >= 0.6 is 34.8 Å². The molecule has 70 valence electrons. The second-order valence-corrected chi connectivity index (χ2v) is 4.21. The maximum Gasteiger partial charge on any atom is 0.157 e. The van der Waals surface area contributed by atoms with Gasteiger partial charge in [-0.25, -0.2) is 0 Å². The van der Waals surface area contributed by atoms with Crippen LogP contribution in [0.3, 0.4) is 0 Å². The lowest BCUT2D eigenvalue weighted by molar-refractivity contribution is 0.519. The smallest absolute Gasteiger partial charge is 0.157 e. The number of nitrogens with one attached hydrogen (secondary N) is 2. The SMILES string of the molecule is CC(C)C1=C(Cl)NC(Cl)N[C@H]1Cl. The van der Waals surface area contributed by atoms with Crippen LogP contribution < -0.4 is 10.6 Å². The van der Waals surface area contributed by atoms with Gasteiger partial charge in [0.05, 0.1) is 0 Å². The molecular formula is C7H11Cl3N2. The van der Waals surface area contributed by atoms with Crippen molar-refractivity contribution in [1.82, 2.24) is 10.6 Å². The normalized spacial score (nSPS) is 30.8. The van der Waals surface area contributed by atoms with Crippen LogP contribution in [-0.4, -0.2) is 11.1 Å². The molecule has 2 atom stereocenters. The Morgan fingerprint density at radius 3 is 2.33 bits per heavy atom. The zero-order chi connectivity index (χ0) is 9.30. The first kappa shape index (κ1) is 10.5. The summed E-state index contributed by atoms with van der Waals surface area (Å²) in [5.74, 6) is 0.309. The third-order valence-corrected chi connectivity index (χ3v) is 2.62. The first-order chi connectivity index (χ1) is 5.52. The summed E-state index contributed by atoms with van der Waals surface area (Å²) >= 11 is 17.7. The Hall–Kier alpha value is 0.370. The molecule has 1 aliphatic rings. The molecule has 1 aliphatic heterocycles. The van der Waals surface area contributed by atoms with Gasteiger partial charge in [-0.05, 0) is 11.5 Å². The van der Waals surface area contributed by atoms with E-state index in [1.807, 2.05) is 13.8 Å². The quantitative estimate of drug-likeness (QED) is 0.533. The van der Waals surface area contributed by atoms with Gasteiger partial charge in [0.2, 0.25) is 0 Å². The number of hydrogen-bond acceptors (Lipinski definition) is 2. The molecule has 12 heavy (non-hydrogen) atoms. The minimum absolute atomic E-state index is 0.277. The van der Waals surface area contributed by atoms with E-state index in [1.165, 1.54) is 0 Å². The van der Waals surface area contributed by atoms with Gasteiger partial charge in [-0.2, -0.15) is 0 Å². The maximum absolute atomic E-state index is 5.99. The van der Waals surface area contributed by atoms with E-state index >= 15 is 0 Å². The molecule has 1 rings (SSSR count). The molecule has 0 aliphatic carbocycles. The lowest BCUT2D eigenvalue weighted by Gasteiger charge is -2.29. The van der Waals surface area contributed by atoms with E-state index in [1.54, 1.807) is 0 Å². The van der Waals surface area contributed by atoms with Gasteiger partial charge >= 0.3 is 0 Å². The zero-order valence-electron chi connectivity index (χ0n) is 6.87. The summed E-state index contributed by atoms with van der Waals surface area (Å²) in [5.41, 5.74) is 0.291. The molecule has 0 spiro atoms. The number of alkyl halides is 2. The average Bonchev–Trinajstić information content (AvgIpc) is 1.82. The summed E-state index contributed by atoms with van der Waals surface area (Å²) in [6.45, 7) is 4.07. The highest BCUT2D eigenvalue weighted by atomic mass is 35.5. The topological polar surface area (TPSA) is 24.1 Å². The molecule has 0 amide bonds. The minimum atomic E-state index is -0.387. The van der Waals surface area contributed by atoms with Gasteiger partial charge in [-0.15, -0.1) is 11.6 Å². The fraction of sp³-hybridized carbons (Fsp3) is 0.714. The van der Waals surface area contributed by atoms with Crippen molar-refractivity contribution in [2.45, 2.75) is 25.0 Å². The number of halogens is 3. The van der Waals surface area contributed by atoms with Crippen LogP contribution in [0.5, 0.6) is 0 Å². The molecule has 0 fully saturated rings. The van der Waals surface area contributed by atoms with Crippen LogP contribution in [0.4, 0.5) is 0 Å². The fourth-order valence-corrected chi connectivity index (χ4v) is 2.45. The van der Waals surface area contributed by atoms with Crippen LogP contribution in [0.25, 0.3) is 0 Å². The van der Waals surface area contributed by atoms with E-state index in [9.17, 15) is 0 Å². The van der Waals surface area contributed by atoms with Gasteiger partial charge < -0.3 is 5.32 Å². The van der Waals surface area contributed by atoms with Crippen LogP contribution in [0, 0.1) is 5.92 Å². The van der Waals surface area contributed by atoms with Crippen molar-refractivity contribution in [2.24, 2.45) is 5.92 Å². The molecule has 0 aromatic rings. The minimum Gasteiger partial charge on any atom is -0.348 e. The molecule has 1 unspecified atom stereocenters. The van der Waals surface area contributed by atoms with E-state index in [0.29, 0.717) is 11.1 Å². The van der Waals surface area contributed by atoms with Crippen molar-refractivity contribution in [2.75, 3.05) is 0 Å². The lowest BCUT2D eigenvalue weighted by atomic mass is 10.0. The molecule has 2 nitrogen and oxygen atoms in total. The highest BCUT2D eigenvalue weighted by Gasteiger charge is 2.26. The van der Waals surface area contributed by atoms with Gasteiger partial charge in [0, 0.05) is 0 Å². The van der Waals surface area contributed by atoms with E-state index < -0.39 is 0 Å². The van der Waals surface area contributed by atoms with E-state index in [2.05, 4.69) is 10.6 Å². The summed E-state index contributed by atoms with van der Waals surface area (Å²) in [4.78, 5) is 0. The van der Waals surface area contributed by atoms with Gasteiger partial charge in [0.15, 0.2) is 5.62 Å². The van der Waals surface area contributed by atoms with Crippen LogP contribution in [0.2, 0.25) is 0 Å². The average molecular weight is 230 g/mol. The monoisotopic (exact) mass is 228 g/mol. The van der Waals surface area contributed by atoms with E-state index in [4.69, 9.17) is 34.8 Å². The molecular weight excluding hydrogens is 218 g/mol. The molecule has 0 bridgehead atoms. The number of rotatable bonds is 1. The molecule has 2 N–H and O–H groups in total. The van der Waals surface area contributed by atoms with Gasteiger partial charge in [-0.3, -0.25) is 5.32 Å². The fourth-order valence-electron chi connectivity index (χ4n) is 1.11. The van der Waals surface area contributed by atoms with Gasteiger partial charge in [-0.1, -0.05) is 37.0 Å². The van der Waals surface area contributed by atoms with Crippen molar-refractivity contribution >= 4 is 34.8 Å². The van der Waals surface area contributed by atoms with Crippen LogP contribution in [0.15, 0.2) is 10.7 Å². The molecule has 0 radical (unpaired) electrons. The van der Waals surface area contributed by atoms with Gasteiger partial charge in [0.1, 0.15) is 10.7 Å². The van der Waals surface area contributed by atoms with Crippen molar-refractivity contribution < 1.29 is 0 Å². The first-order valence-corrected chi connectivity index (χ1v) is 4.97. The van der Waals surface area contributed by atoms with E-state index in [0.717, 1.165) is 5.57 Å². The molecule has 5 heteroatoms. The summed E-state index contributed by atoms with van der Waals surface area (Å²) in [7, 11) is 0. The number of hydrogen-bond donors (Lipinski definition) is 2. The molecule has 1 heterocycles. The second kappa shape index (κ2) is 4.05. The predicted molar refractivity (Wildman–Crippen MR) is 53.3 cm³/mol. The van der Waals surface area contributed by atoms with Crippen molar-refractivity contribution in [3.05, 3.63) is 10.7 Å². The highest BCUT2D eigenvalue weighted by Crippen LogP contribution is 2.26. The Morgan fingerprint density at radius 1 is 1.33 bits per heavy atom. The molecule has 0 aromatic carbocycles. The second-order valence-electron chi connectivity index (χ2n) is 2.96. The van der Waals surface area contributed by atoms with Crippen molar-refractivity contribution in [1.29, 1.82) is 0 Å². The summed E-state index contributed by atoms with van der Waals surface area (Å²) in [5, 5.41) is 6.33. The summed E-state index contributed by atoms with van der Waals surface area (Å²) in [6.07, 6.45) is 0. The Bertz CT molecular complexity index is 203. The zero-order valence-corrected chi connectivity index (χ0v) is 9.13. The van der Waals surface area contributed by atoms with Crippen molar-refractivity contribution in [3.63, 3.8) is 0 Å². The first-order valence-electron chi connectivity index (χ1n) is 3.72. The van der Waals surface area contributed by atoms with Crippen LogP contribution in [-0.2, 0) is 0 Å². The van der Waals surface area contributed by atoms with E-state index in [-0.39, 0.29) is 11.1 Å². The molecule has 0 saturated heterocycles.